The molecule has 0 aliphatic carbocycles. The highest BCUT2D eigenvalue weighted by Gasteiger charge is 2.31. The minimum absolute atomic E-state index is 0.00159. The minimum Gasteiger partial charge on any atom is -0.496 e. The van der Waals surface area contributed by atoms with Gasteiger partial charge in [0.1, 0.15) is 5.75 Å². The number of ether oxygens (including phenoxy) is 1. The van der Waals surface area contributed by atoms with Gasteiger partial charge >= 0.3 is 0 Å². The van der Waals surface area contributed by atoms with Gasteiger partial charge in [-0.3, -0.25) is 0 Å². The van der Waals surface area contributed by atoms with Crippen molar-refractivity contribution in [1.82, 2.24) is 14.4 Å². The molecule has 0 spiro atoms. The monoisotopic (exact) mass is 351 g/mol. The topological polar surface area (TPSA) is 85.5 Å². The molecule has 130 valence electrons. The number of nitrogens with zero attached hydrogens (tertiary/aromatic N) is 3. The standard InChI is InChI=1S/C16H21N3O4S/c1-11-6-4-5-9-19(11)24(20,21)13-7-8-15(22-3)14(10-13)16-17-12(2)23-18-16/h7-8,10-11H,4-6,9H2,1-3H3/t11-/m0/s1. The SMILES string of the molecule is COc1ccc(S(=O)(=O)N2CCCC[C@@H]2C)cc1-c1noc(C)n1. The van der Waals surface area contributed by atoms with E-state index in [0.717, 1.165) is 19.3 Å². The molecular formula is C16H21N3O4S. The van der Waals surface area contributed by atoms with Crippen molar-refractivity contribution in [3.05, 3.63) is 24.1 Å². The molecule has 0 radical (unpaired) electrons. The maximum Gasteiger partial charge on any atom is 0.243 e. The molecular weight excluding hydrogens is 330 g/mol. The number of benzene rings is 1. The molecule has 0 bridgehead atoms. The van der Waals surface area contributed by atoms with Gasteiger partial charge in [-0.1, -0.05) is 11.6 Å². The molecule has 1 aliphatic heterocycles. The zero-order valence-corrected chi connectivity index (χ0v) is 14.8. The molecule has 1 aromatic carbocycles. The molecule has 1 saturated heterocycles. The fourth-order valence-electron chi connectivity index (χ4n) is 3.00. The number of sulfonamides is 1. The third-order valence-corrected chi connectivity index (χ3v) is 6.30. The average molecular weight is 351 g/mol. The lowest BCUT2D eigenvalue weighted by molar-refractivity contribution is 0.268. The Labute approximate surface area is 141 Å². The Kier molecular flexibility index (Phi) is 4.60. The molecule has 0 unspecified atom stereocenters. The van der Waals surface area contributed by atoms with Gasteiger partial charge in [-0.05, 0) is 38.0 Å². The summed E-state index contributed by atoms with van der Waals surface area (Å²) >= 11 is 0. The second-order valence-electron chi connectivity index (χ2n) is 5.96. The second kappa shape index (κ2) is 6.52. The van der Waals surface area contributed by atoms with Gasteiger partial charge in [0.25, 0.3) is 0 Å². The van der Waals surface area contributed by atoms with Gasteiger partial charge < -0.3 is 9.26 Å². The fraction of sp³-hybridized carbons (Fsp3) is 0.500. The van der Waals surface area contributed by atoms with Crippen molar-refractivity contribution in [2.24, 2.45) is 0 Å². The van der Waals surface area contributed by atoms with Crippen molar-refractivity contribution in [1.29, 1.82) is 0 Å². The maximum absolute atomic E-state index is 13.0. The molecule has 2 aromatic rings. The van der Waals surface area contributed by atoms with E-state index in [1.807, 2.05) is 6.92 Å². The number of piperidine rings is 1. The Morgan fingerprint density at radius 1 is 1.33 bits per heavy atom. The predicted octanol–water partition coefficient (Wildman–Crippen LogP) is 2.62. The number of methoxy groups -OCH3 is 1. The summed E-state index contributed by atoms with van der Waals surface area (Å²) in [7, 11) is -2.05. The van der Waals surface area contributed by atoms with Gasteiger partial charge in [0.15, 0.2) is 0 Å². The normalized spacial score (nSPS) is 19.4. The highest BCUT2D eigenvalue weighted by molar-refractivity contribution is 7.89. The predicted molar refractivity (Wildman–Crippen MR) is 88.2 cm³/mol. The van der Waals surface area contributed by atoms with Crippen LogP contribution in [-0.2, 0) is 10.0 Å². The number of hydrogen-bond donors (Lipinski definition) is 0. The molecule has 1 aliphatic rings. The molecule has 0 amide bonds. The zero-order chi connectivity index (χ0) is 17.3. The van der Waals surface area contributed by atoms with Gasteiger partial charge in [0.2, 0.25) is 21.7 Å². The Morgan fingerprint density at radius 3 is 2.75 bits per heavy atom. The van der Waals surface area contributed by atoms with Crippen molar-refractivity contribution in [2.45, 2.75) is 44.0 Å². The number of rotatable bonds is 4. The van der Waals surface area contributed by atoms with Crippen molar-refractivity contribution < 1.29 is 17.7 Å². The van der Waals surface area contributed by atoms with Crippen LogP contribution in [0.25, 0.3) is 11.4 Å². The third-order valence-electron chi connectivity index (χ3n) is 4.29. The van der Waals surface area contributed by atoms with E-state index in [1.165, 1.54) is 7.11 Å². The fourth-order valence-corrected chi connectivity index (χ4v) is 4.72. The van der Waals surface area contributed by atoms with E-state index in [1.54, 1.807) is 29.4 Å². The molecule has 8 heteroatoms. The molecule has 1 fully saturated rings. The van der Waals surface area contributed by atoms with Gasteiger partial charge in [-0.2, -0.15) is 9.29 Å². The van der Waals surface area contributed by atoms with E-state index in [-0.39, 0.29) is 10.9 Å². The summed E-state index contributed by atoms with van der Waals surface area (Å²) in [5, 5.41) is 3.87. The van der Waals surface area contributed by atoms with Crippen molar-refractivity contribution >= 4 is 10.0 Å². The third kappa shape index (κ3) is 3.03. The van der Waals surface area contributed by atoms with Crippen molar-refractivity contribution in [2.75, 3.05) is 13.7 Å². The van der Waals surface area contributed by atoms with Crippen LogP contribution in [0.2, 0.25) is 0 Å². The van der Waals surface area contributed by atoms with Crippen molar-refractivity contribution in [3.8, 4) is 17.1 Å². The largest absolute Gasteiger partial charge is 0.496 e. The van der Waals surface area contributed by atoms with E-state index in [9.17, 15) is 8.42 Å². The van der Waals surface area contributed by atoms with Crippen LogP contribution in [0.1, 0.15) is 32.1 Å². The molecule has 2 heterocycles. The summed E-state index contributed by atoms with van der Waals surface area (Å²) in [4.78, 5) is 4.39. The smallest absolute Gasteiger partial charge is 0.243 e. The quantitative estimate of drug-likeness (QED) is 0.842. The van der Waals surface area contributed by atoms with E-state index in [4.69, 9.17) is 9.26 Å². The number of aromatic nitrogens is 2. The highest BCUT2D eigenvalue weighted by Crippen LogP contribution is 2.33. The zero-order valence-electron chi connectivity index (χ0n) is 14.0. The first kappa shape index (κ1) is 16.9. The summed E-state index contributed by atoms with van der Waals surface area (Å²) in [5.41, 5.74) is 0.500. The Bertz CT molecular complexity index is 832. The lowest BCUT2D eigenvalue weighted by Gasteiger charge is -2.32. The second-order valence-corrected chi connectivity index (χ2v) is 7.85. The van der Waals surface area contributed by atoms with E-state index >= 15 is 0 Å². The first-order valence-corrected chi connectivity index (χ1v) is 9.38. The lowest BCUT2D eigenvalue weighted by atomic mass is 10.1. The van der Waals surface area contributed by atoms with E-state index < -0.39 is 10.0 Å². The minimum atomic E-state index is -3.57. The van der Waals surface area contributed by atoms with Crippen LogP contribution in [0.3, 0.4) is 0 Å². The van der Waals surface area contributed by atoms with Crippen LogP contribution in [0.4, 0.5) is 0 Å². The molecule has 1 aromatic heterocycles. The summed E-state index contributed by atoms with van der Waals surface area (Å²) in [6, 6.07) is 4.75. The number of hydrogen-bond acceptors (Lipinski definition) is 6. The summed E-state index contributed by atoms with van der Waals surface area (Å²) in [5.74, 6) is 1.22. The van der Waals surface area contributed by atoms with Crippen LogP contribution < -0.4 is 4.74 Å². The summed E-state index contributed by atoms with van der Waals surface area (Å²) in [6.45, 7) is 4.18. The summed E-state index contributed by atoms with van der Waals surface area (Å²) in [6.07, 6.45) is 2.83. The van der Waals surface area contributed by atoms with Crippen LogP contribution in [0.5, 0.6) is 5.75 Å². The average Bonchev–Trinajstić information content (AvgIpc) is 3.00. The molecule has 24 heavy (non-hydrogen) atoms. The van der Waals surface area contributed by atoms with Crippen LogP contribution in [-0.4, -0.2) is 42.6 Å². The lowest BCUT2D eigenvalue weighted by Crippen LogP contribution is -2.41. The van der Waals surface area contributed by atoms with Crippen LogP contribution in [0.15, 0.2) is 27.6 Å². The highest BCUT2D eigenvalue weighted by atomic mass is 32.2. The van der Waals surface area contributed by atoms with E-state index in [2.05, 4.69) is 10.1 Å². The molecule has 3 rings (SSSR count). The van der Waals surface area contributed by atoms with Gasteiger partial charge in [0, 0.05) is 19.5 Å². The number of aryl methyl sites for hydroxylation is 1. The maximum atomic E-state index is 13.0. The Hall–Kier alpha value is -1.93. The molecule has 7 nitrogen and oxygen atoms in total. The molecule has 0 saturated carbocycles. The van der Waals surface area contributed by atoms with Gasteiger partial charge in [-0.25, -0.2) is 8.42 Å². The molecule has 0 N–H and O–H groups in total. The summed E-state index contributed by atoms with van der Waals surface area (Å²) < 4.78 is 37.9. The van der Waals surface area contributed by atoms with E-state index in [0.29, 0.717) is 29.6 Å². The first-order chi connectivity index (χ1) is 11.4. The first-order valence-electron chi connectivity index (χ1n) is 7.94. The molecule has 1 atom stereocenters. The Balaban J connectivity index is 2.05. The van der Waals surface area contributed by atoms with Crippen molar-refractivity contribution in [3.63, 3.8) is 0 Å². The van der Waals surface area contributed by atoms with Gasteiger partial charge in [0.05, 0.1) is 17.6 Å². The Morgan fingerprint density at radius 2 is 2.12 bits per heavy atom. The van der Waals surface area contributed by atoms with Gasteiger partial charge in [-0.15, -0.1) is 0 Å². The van der Waals surface area contributed by atoms with Crippen LogP contribution >= 0.6 is 0 Å². The van der Waals surface area contributed by atoms with Crippen LogP contribution in [0, 0.1) is 6.92 Å².